The summed E-state index contributed by atoms with van der Waals surface area (Å²) in [6.07, 6.45) is 2.55. The summed E-state index contributed by atoms with van der Waals surface area (Å²) in [4.78, 5) is 15.3. The van der Waals surface area contributed by atoms with E-state index < -0.39 is 0 Å². The number of pyridine rings is 1. The number of nitrogens with zero attached hydrogens (tertiary/aromatic N) is 1. The maximum absolute atomic E-state index is 11.4. The van der Waals surface area contributed by atoms with Gasteiger partial charge < -0.3 is 10.1 Å². The number of amides is 1. The standard InChI is InChI=1S/C10H13BrN2O2/c1-2-6-15-7-9(14)13-8-4-3-5-12-10(8)11/h3-5H,2,6-7H2,1H3,(H,13,14). The molecule has 1 heterocycles. The van der Waals surface area contributed by atoms with Gasteiger partial charge in [0, 0.05) is 12.8 Å². The van der Waals surface area contributed by atoms with Crippen LogP contribution in [-0.4, -0.2) is 24.1 Å². The fourth-order valence-corrected chi connectivity index (χ4v) is 1.32. The van der Waals surface area contributed by atoms with Gasteiger partial charge in [0.25, 0.3) is 0 Å². The Kier molecular flexibility index (Phi) is 5.28. The number of aromatic nitrogens is 1. The molecule has 0 spiro atoms. The quantitative estimate of drug-likeness (QED) is 0.661. The summed E-state index contributed by atoms with van der Waals surface area (Å²) < 4.78 is 5.73. The van der Waals surface area contributed by atoms with Crippen LogP contribution in [-0.2, 0) is 9.53 Å². The summed E-state index contributed by atoms with van der Waals surface area (Å²) in [5.74, 6) is -0.169. The van der Waals surface area contributed by atoms with Gasteiger partial charge in [-0.2, -0.15) is 0 Å². The van der Waals surface area contributed by atoms with Crippen LogP contribution in [0, 0.1) is 0 Å². The molecule has 1 N–H and O–H groups in total. The van der Waals surface area contributed by atoms with E-state index in [1.54, 1.807) is 18.3 Å². The Labute approximate surface area is 97.2 Å². The lowest BCUT2D eigenvalue weighted by molar-refractivity contribution is -0.120. The molecule has 0 saturated heterocycles. The Bertz CT molecular complexity index is 331. The number of carbonyl (C=O) groups excluding carboxylic acids is 1. The maximum Gasteiger partial charge on any atom is 0.250 e. The first kappa shape index (κ1) is 12.1. The van der Waals surface area contributed by atoms with Gasteiger partial charge in [0.15, 0.2) is 0 Å². The van der Waals surface area contributed by atoms with Gasteiger partial charge >= 0.3 is 0 Å². The van der Waals surface area contributed by atoms with E-state index in [4.69, 9.17) is 4.74 Å². The smallest absolute Gasteiger partial charge is 0.250 e. The first-order valence-corrected chi connectivity index (χ1v) is 5.51. The van der Waals surface area contributed by atoms with Crippen LogP contribution in [0.3, 0.4) is 0 Å². The number of anilines is 1. The number of ether oxygens (including phenoxy) is 1. The molecule has 82 valence electrons. The Morgan fingerprint density at radius 3 is 3.13 bits per heavy atom. The molecule has 15 heavy (non-hydrogen) atoms. The minimum atomic E-state index is -0.169. The lowest BCUT2D eigenvalue weighted by atomic mass is 10.4. The molecule has 5 heteroatoms. The minimum Gasteiger partial charge on any atom is -0.372 e. The van der Waals surface area contributed by atoms with Crippen LogP contribution >= 0.6 is 15.9 Å². The van der Waals surface area contributed by atoms with Crippen molar-refractivity contribution in [3.63, 3.8) is 0 Å². The molecular weight excluding hydrogens is 260 g/mol. The fraction of sp³-hybridized carbons (Fsp3) is 0.400. The van der Waals surface area contributed by atoms with Crippen molar-refractivity contribution >= 4 is 27.5 Å². The molecule has 0 fully saturated rings. The van der Waals surface area contributed by atoms with Crippen molar-refractivity contribution < 1.29 is 9.53 Å². The Balaban J connectivity index is 2.41. The molecule has 4 nitrogen and oxygen atoms in total. The largest absolute Gasteiger partial charge is 0.372 e. The predicted octanol–water partition coefficient (Wildman–Crippen LogP) is 2.21. The van der Waals surface area contributed by atoms with Crippen molar-refractivity contribution in [1.82, 2.24) is 4.98 Å². The van der Waals surface area contributed by atoms with Crippen molar-refractivity contribution in [1.29, 1.82) is 0 Å². The van der Waals surface area contributed by atoms with Gasteiger partial charge in [0.1, 0.15) is 11.2 Å². The molecule has 0 atom stereocenters. The van der Waals surface area contributed by atoms with Crippen LogP contribution in [0.25, 0.3) is 0 Å². The Hall–Kier alpha value is -0.940. The van der Waals surface area contributed by atoms with Crippen molar-refractivity contribution in [3.05, 3.63) is 22.9 Å². The van der Waals surface area contributed by atoms with Crippen molar-refractivity contribution in [3.8, 4) is 0 Å². The van der Waals surface area contributed by atoms with Gasteiger partial charge in [0.2, 0.25) is 5.91 Å². The van der Waals surface area contributed by atoms with E-state index >= 15 is 0 Å². The lowest BCUT2D eigenvalue weighted by Gasteiger charge is -2.06. The second-order valence-corrected chi connectivity index (χ2v) is 3.69. The van der Waals surface area contributed by atoms with Crippen LogP contribution in [0.4, 0.5) is 5.69 Å². The van der Waals surface area contributed by atoms with E-state index in [1.165, 1.54) is 0 Å². The highest BCUT2D eigenvalue weighted by molar-refractivity contribution is 9.10. The SMILES string of the molecule is CCCOCC(=O)Nc1cccnc1Br. The number of nitrogens with one attached hydrogen (secondary N) is 1. The maximum atomic E-state index is 11.4. The van der Waals surface area contributed by atoms with Gasteiger partial charge in [0.05, 0.1) is 5.69 Å². The monoisotopic (exact) mass is 272 g/mol. The zero-order chi connectivity index (χ0) is 11.1. The third kappa shape index (κ3) is 4.40. The van der Waals surface area contributed by atoms with E-state index in [2.05, 4.69) is 26.2 Å². The summed E-state index contributed by atoms with van der Waals surface area (Å²) in [5.41, 5.74) is 0.655. The molecule has 0 unspecified atom stereocenters. The molecule has 1 rings (SSSR count). The van der Waals surface area contributed by atoms with E-state index in [1.807, 2.05) is 6.92 Å². The van der Waals surface area contributed by atoms with Crippen molar-refractivity contribution in [2.75, 3.05) is 18.5 Å². The second-order valence-electron chi connectivity index (χ2n) is 2.94. The van der Waals surface area contributed by atoms with Crippen LogP contribution in [0.15, 0.2) is 22.9 Å². The molecule has 1 aromatic heterocycles. The topological polar surface area (TPSA) is 51.2 Å². The molecular formula is C10H13BrN2O2. The van der Waals surface area contributed by atoms with Gasteiger partial charge in [-0.25, -0.2) is 4.98 Å². The summed E-state index contributed by atoms with van der Waals surface area (Å²) >= 11 is 3.24. The molecule has 0 saturated carbocycles. The molecule has 0 aliphatic heterocycles. The summed E-state index contributed by atoms with van der Waals surface area (Å²) in [6.45, 7) is 2.67. The molecule has 0 radical (unpaired) electrons. The molecule has 0 aromatic carbocycles. The normalized spacial score (nSPS) is 10.0. The minimum absolute atomic E-state index is 0.0785. The van der Waals surface area contributed by atoms with Gasteiger partial charge in [-0.15, -0.1) is 0 Å². The molecule has 0 bridgehead atoms. The van der Waals surface area contributed by atoms with Crippen LogP contribution in [0.2, 0.25) is 0 Å². The third-order valence-electron chi connectivity index (χ3n) is 1.61. The van der Waals surface area contributed by atoms with Crippen LogP contribution in [0.1, 0.15) is 13.3 Å². The number of halogens is 1. The van der Waals surface area contributed by atoms with Crippen molar-refractivity contribution in [2.45, 2.75) is 13.3 Å². The zero-order valence-electron chi connectivity index (χ0n) is 8.50. The van der Waals surface area contributed by atoms with E-state index in [0.29, 0.717) is 16.9 Å². The van der Waals surface area contributed by atoms with E-state index in [-0.39, 0.29) is 12.5 Å². The molecule has 1 aromatic rings. The van der Waals surface area contributed by atoms with Crippen LogP contribution < -0.4 is 5.32 Å². The van der Waals surface area contributed by atoms with Crippen molar-refractivity contribution in [2.24, 2.45) is 0 Å². The van der Waals surface area contributed by atoms with Gasteiger partial charge in [-0.1, -0.05) is 6.92 Å². The first-order valence-electron chi connectivity index (χ1n) is 4.72. The predicted molar refractivity (Wildman–Crippen MR) is 61.7 cm³/mol. The Morgan fingerprint density at radius 1 is 1.67 bits per heavy atom. The highest BCUT2D eigenvalue weighted by Crippen LogP contribution is 2.17. The zero-order valence-corrected chi connectivity index (χ0v) is 10.1. The molecule has 0 aliphatic rings. The third-order valence-corrected chi connectivity index (χ3v) is 2.25. The number of hydrogen-bond acceptors (Lipinski definition) is 3. The van der Waals surface area contributed by atoms with Gasteiger partial charge in [-0.3, -0.25) is 4.79 Å². The second kappa shape index (κ2) is 6.53. The van der Waals surface area contributed by atoms with E-state index in [0.717, 1.165) is 6.42 Å². The summed E-state index contributed by atoms with van der Waals surface area (Å²) in [5, 5.41) is 2.70. The van der Waals surface area contributed by atoms with E-state index in [9.17, 15) is 4.79 Å². The average molecular weight is 273 g/mol. The lowest BCUT2D eigenvalue weighted by Crippen LogP contribution is -2.18. The fourth-order valence-electron chi connectivity index (χ4n) is 0.975. The molecule has 1 amide bonds. The van der Waals surface area contributed by atoms with Crippen LogP contribution in [0.5, 0.6) is 0 Å². The summed E-state index contributed by atoms with van der Waals surface area (Å²) in [7, 11) is 0. The summed E-state index contributed by atoms with van der Waals surface area (Å²) in [6, 6.07) is 3.53. The highest BCUT2D eigenvalue weighted by atomic mass is 79.9. The molecule has 0 aliphatic carbocycles. The Morgan fingerprint density at radius 2 is 2.47 bits per heavy atom. The first-order chi connectivity index (χ1) is 7.24. The van der Waals surface area contributed by atoms with Gasteiger partial charge in [-0.05, 0) is 34.5 Å². The number of rotatable bonds is 5. The number of carbonyl (C=O) groups is 1. The average Bonchev–Trinajstić information content (AvgIpc) is 2.22. The highest BCUT2D eigenvalue weighted by Gasteiger charge is 2.05. The number of hydrogen-bond donors (Lipinski definition) is 1.